The van der Waals surface area contributed by atoms with Crippen LogP contribution in [0.25, 0.3) is 0 Å². The number of aromatic hydroxyl groups is 1. The molecule has 1 aromatic carbocycles. The van der Waals surface area contributed by atoms with E-state index in [9.17, 15) is 9.90 Å². The predicted octanol–water partition coefficient (Wildman–Crippen LogP) is 2.35. The minimum absolute atomic E-state index is 0.0105. The molecule has 0 saturated heterocycles. The molecule has 1 aliphatic rings. The van der Waals surface area contributed by atoms with Gasteiger partial charge < -0.3 is 14.9 Å². The number of methoxy groups -OCH3 is 1. The third kappa shape index (κ3) is 1.75. The number of carbonyl (C=O) groups is 1. The monoisotopic (exact) mass is 286 g/mol. The number of aliphatic carboxylic acids is 1. The van der Waals surface area contributed by atoms with Gasteiger partial charge in [-0.2, -0.15) is 0 Å². The summed E-state index contributed by atoms with van der Waals surface area (Å²) in [4.78, 5) is 10.8. The third-order valence-electron chi connectivity index (χ3n) is 2.84. The van der Waals surface area contributed by atoms with Crippen LogP contribution < -0.4 is 4.74 Å². The van der Waals surface area contributed by atoms with Crippen LogP contribution in [0.1, 0.15) is 17.9 Å². The maximum absolute atomic E-state index is 10.8. The number of halogens is 1. The van der Waals surface area contributed by atoms with Crippen LogP contribution in [0, 0.1) is 5.92 Å². The van der Waals surface area contributed by atoms with Crippen molar-refractivity contribution >= 4 is 21.9 Å². The third-order valence-corrected chi connectivity index (χ3v) is 3.67. The number of rotatable bonds is 3. The van der Waals surface area contributed by atoms with Crippen LogP contribution in [0.15, 0.2) is 16.6 Å². The fourth-order valence-corrected chi connectivity index (χ4v) is 2.45. The molecule has 16 heavy (non-hydrogen) atoms. The average molecular weight is 287 g/mol. The summed E-state index contributed by atoms with van der Waals surface area (Å²) in [6.45, 7) is 0. The summed E-state index contributed by atoms with van der Waals surface area (Å²) in [6, 6.07) is 3.43. The topological polar surface area (TPSA) is 66.8 Å². The summed E-state index contributed by atoms with van der Waals surface area (Å²) in [5, 5.41) is 18.6. The van der Waals surface area contributed by atoms with E-state index < -0.39 is 5.97 Å². The van der Waals surface area contributed by atoms with Crippen molar-refractivity contribution in [1.29, 1.82) is 0 Å². The molecule has 2 rings (SSSR count). The Morgan fingerprint density at radius 2 is 2.25 bits per heavy atom. The second-order valence-electron chi connectivity index (χ2n) is 3.81. The van der Waals surface area contributed by atoms with E-state index >= 15 is 0 Å². The summed E-state index contributed by atoms with van der Waals surface area (Å²) in [6.07, 6.45) is 0.625. The summed E-state index contributed by atoms with van der Waals surface area (Å²) >= 11 is 3.27. The van der Waals surface area contributed by atoms with Crippen LogP contribution in [-0.2, 0) is 4.79 Å². The fourth-order valence-electron chi connectivity index (χ4n) is 1.83. The Labute approximate surface area is 101 Å². The Balaban J connectivity index is 2.31. The first kappa shape index (κ1) is 11.3. The van der Waals surface area contributed by atoms with Gasteiger partial charge in [-0.15, -0.1) is 0 Å². The molecule has 2 N–H and O–H groups in total. The van der Waals surface area contributed by atoms with Gasteiger partial charge in [0.25, 0.3) is 0 Å². The molecule has 4 nitrogen and oxygen atoms in total. The molecule has 0 amide bonds. The molecule has 2 atom stereocenters. The van der Waals surface area contributed by atoms with Crippen LogP contribution >= 0.6 is 15.9 Å². The number of phenols is 1. The van der Waals surface area contributed by atoms with Crippen molar-refractivity contribution in [2.24, 2.45) is 5.92 Å². The van der Waals surface area contributed by atoms with Crippen molar-refractivity contribution in [1.82, 2.24) is 0 Å². The maximum atomic E-state index is 10.8. The van der Waals surface area contributed by atoms with Crippen molar-refractivity contribution in [3.05, 3.63) is 22.2 Å². The minimum atomic E-state index is -0.785. The van der Waals surface area contributed by atoms with Gasteiger partial charge in [-0.1, -0.05) is 6.07 Å². The molecule has 0 heterocycles. The first-order valence-corrected chi connectivity index (χ1v) is 5.63. The number of carboxylic acid groups (broad SMARTS) is 1. The largest absolute Gasteiger partial charge is 0.503 e. The summed E-state index contributed by atoms with van der Waals surface area (Å²) in [5.74, 6) is -0.723. The lowest BCUT2D eigenvalue weighted by Gasteiger charge is -2.09. The van der Waals surface area contributed by atoms with E-state index in [2.05, 4.69) is 15.9 Å². The highest BCUT2D eigenvalue weighted by atomic mass is 79.9. The molecule has 1 fully saturated rings. The number of hydrogen-bond donors (Lipinski definition) is 2. The molecule has 1 aliphatic carbocycles. The highest BCUT2D eigenvalue weighted by Crippen LogP contribution is 2.52. The van der Waals surface area contributed by atoms with Crippen molar-refractivity contribution < 1.29 is 19.7 Å². The number of carboxylic acids is 1. The van der Waals surface area contributed by atoms with Crippen LogP contribution in [0.5, 0.6) is 11.5 Å². The molecule has 0 radical (unpaired) electrons. The SMILES string of the molecule is COc1ccc([C@@H]2C[C@H]2C(=O)O)c(Br)c1O. The van der Waals surface area contributed by atoms with Gasteiger partial charge in [0.2, 0.25) is 0 Å². The Kier molecular flexibility index (Phi) is 2.80. The zero-order valence-corrected chi connectivity index (χ0v) is 10.2. The van der Waals surface area contributed by atoms with Crippen molar-refractivity contribution in [2.75, 3.05) is 7.11 Å². The van der Waals surface area contributed by atoms with Crippen LogP contribution in [0.4, 0.5) is 0 Å². The highest BCUT2D eigenvalue weighted by Gasteiger charge is 2.45. The highest BCUT2D eigenvalue weighted by molar-refractivity contribution is 9.10. The fraction of sp³-hybridized carbons (Fsp3) is 0.364. The first-order valence-electron chi connectivity index (χ1n) is 4.84. The number of benzene rings is 1. The van der Waals surface area contributed by atoms with Crippen molar-refractivity contribution in [2.45, 2.75) is 12.3 Å². The zero-order chi connectivity index (χ0) is 11.9. The van der Waals surface area contributed by atoms with Gasteiger partial charge in [0.1, 0.15) is 0 Å². The molecular formula is C11H11BrO4. The molecule has 0 unspecified atom stereocenters. The molecule has 86 valence electrons. The summed E-state index contributed by atoms with van der Waals surface area (Å²) < 4.78 is 5.49. The van der Waals surface area contributed by atoms with Crippen molar-refractivity contribution in [3.8, 4) is 11.5 Å². The van der Waals surface area contributed by atoms with Crippen LogP contribution in [0.3, 0.4) is 0 Å². The van der Waals surface area contributed by atoms with Gasteiger partial charge in [-0.05, 0) is 39.9 Å². The van der Waals surface area contributed by atoms with Crippen LogP contribution in [0.2, 0.25) is 0 Å². The molecule has 0 aromatic heterocycles. The Hall–Kier alpha value is -1.23. The lowest BCUT2D eigenvalue weighted by molar-refractivity contribution is -0.138. The molecule has 1 aromatic rings. The molecule has 0 spiro atoms. The van der Waals surface area contributed by atoms with Gasteiger partial charge in [0.15, 0.2) is 11.5 Å². The number of ether oxygens (including phenoxy) is 1. The lowest BCUT2D eigenvalue weighted by atomic mass is 10.1. The van der Waals surface area contributed by atoms with E-state index in [4.69, 9.17) is 9.84 Å². The summed E-state index contributed by atoms with van der Waals surface area (Å²) in [5.41, 5.74) is 0.825. The van der Waals surface area contributed by atoms with E-state index in [1.165, 1.54) is 7.11 Å². The molecule has 0 bridgehead atoms. The maximum Gasteiger partial charge on any atom is 0.307 e. The minimum Gasteiger partial charge on any atom is -0.503 e. The van der Waals surface area contributed by atoms with Gasteiger partial charge in [0.05, 0.1) is 17.5 Å². The zero-order valence-electron chi connectivity index (χ0n) is 8.61. The molecular weight excluding hydrogens is 276 g/mol. The molecule has 5 heteroatoms. The van der Waals surface area contributed by atoms with E-state index in [1.54, 1.807) is 12.1 Å². The van der Waals surface area contributed by atoms with Gasteiger partial charge >= 0.3 is 5.97 Å². The van der Waals surface area contributed by atoms with E-state index in [1.807, 2.05) is 0 Å². The second-order valence-corrected chi connectivity index (χ2v) is 4.60. The average Bonchev–Trinajstić information content (AvgIpc) is 3.02. The summed E-state index contributed by atoms with van der Waals surface area (Å²) in [7, 11) is 1.47. The van der Waals surface area contributed by atoms with Gasteiger partial charge in [0, 0.05) is 0 Å². The Morgan fingerprint density at radius 1 is 1.56 bits per heavy atom. The predicted molar refractivity (Wildman–Crippen MR) is 60.8 cm³/mol. The lowest BCUT2D eigenvalue weighted by Crippen LogP contribution is -1.99. The van der Waals surface area contributed by atoms with Crippen molar-refractivity contribution in [3.63, 3.8) is 0 Å². The van der Waals surface area contributed by atoms with Crippen LogP contribution in [-0.4, -0.2) is 23.3 Å². The van der Waals surface area contributed by atoms with Gasteiger partial charge in [-0.3, -0.25) is 4.79 Å². The quantitative estimate of drug-likeness (QED) is 0.895. The normalized spacial score (nSPS) is 22.9. The molecule has 0 aliphatic heterocycles. The second kappa shape index (κ2) is 3.97. The van der Waals surface area contributed by atoms with E-state index in [-0.39, 0.29) is 17.6 Å². The smallest absolute Gasteiger partial charge is 0.307 e. The Bertz CT molecular complexity index is 444. The first-order chi connectivity index (χ1) is 7.56. The van der Waals surface area contributed by atoms with E-state index in [0.29, 0.717) is 16.6 Å². The number of hydrogen-bond acceptors (Lipinski definition) is 3. The van der Waals surface area contributed by atoms with Gasteiger partial charge in [-0.25, -0.2) is 0 Å². The molecule has 1 saturated carbocycles. The standard InChI is InChI=1S/C11H11BrO4/c1-16-8-3-2-5(9(12)10(8)13)6-4-7(6)11(14)15/h2-3,6-7,13H,4H2,1H3,(H,14,15)/t6-,7+/m0/s1. The number of phenolic OH excluding ortho intramolecular Hbond substituents is 1. The Morgan fingerprint density at radius 3 is 2.75 bits per heavy atom. The van der Waals surface area contributed by atoms with E-state index in [0.717, 1.165) is 5.56 Å².